The molecule has 1 atom stereocenters. The SMILES string of the molecule is CN1CCCC(C(=O)Nc2ccc(-n3cc4cccc(C(N)=O)c4n3)cc2)C1. The van der Waals surface area contributed by atoms with Gasteiger partial charge in [0, 0.05) is 23.8 Å². The van der Waals surface area contributed by atoms with Crippen molar-refractivity contribution in [3.05, 3.63) is 54.2 Å². The number of rotatable bonds is 4. The van der Waals surface area contributed by atoms with Crippen molar-refractivity contribution >= 4 is 28.4 Å². The molecule has 1 saturated heterocycles. The van der Waals surface area contributed by atoms with E-state index in [0.717, 1.165) is 42.7 Å². The quantitative estimate of drug-likeness (QED) is 0.730. The fraction of sp³-hybridized carbons (Fsp3) is 0.286. The van der Waals surface area contributed by atoms with E-state index in [0.29, 0.717) is 11.1 Å². The number of nitrogens with zero attached hydrogens (tertiary/aromatic N) is 3. The van der Waals surface area contributed by atoms with Crippen LogP contribution in [-0.2, 0) is 4.79 Å². The molecule has 7 heteroatoms. The third-order valence-electron chi connectivity index (χ3n) is 5.20. The van der Waals surface area contributed by atoms with Gasteiger partial charge in [0.2, 0.25) is 5.91 Å². The molecular formula is C21H23N5O2. The molecule has 1 aliphatic heterocycles. The first-order valence-corrected chi connectivity index (χ1v) is 9.39. The lowest BCUT2D eigenvalue weighted by Gasteiger charge is -2.28. The van der Waals surface area contributed by atoms with Crippen LogP contribution in [0.5, 0.6) is 0 Å². The zero-order chi connectivity index (χ0) is 19.7. The largest absolute Gasteiger partial charge is 0.366 e. The Balaban J connectivity index is 1.52. The van der Waals surface area contributed by atoms with E-state index in [-0.39, 0.29) is 11.8 Å². The zero-order valence-electron chi connectivity index (χ0n) is 15.8. The molecule has 1 unspecified atom stereocenters. The summed E-state index contributed by atoms with van der Waals surface area (Å²) in [6, 6.07) is 12.8. The van der Waals surface area contributed by atoms with E-state index in [1.165, 1.54) is 0 Å². The van der Waals surface area contributed by atoms with Crippen molar-refractivity contribution in [1.82, 2.24) is 14.7 Å². The van der Waals surface area contributed by atoms with E-state index in [1.54, 1.807) is 16.8 Å². The van der Waals surface area contributed by atoms with Gasteiger partial charge in [-0.1, -0.05) is 12.1 Å². The number of primary amides is 1. The number of nitrogens with two attached hydrogens (primary N) is 1. The van der Waals surface area contributed by atoms with Crippen LogP contribution < -0.4 is 11.1 Å². The van der Waals surface area contributed by atoms with Crippen LogP contribution >= 0.6 is 0 Å². The number of carbonyl (C=O) groups is 2. The second-order valence-corrected chi connectivity index (χ2v) is 7.32. The van der Waals surface area contributed by atoms with Crippen molar-refractivity contribution in [1.29, 1.82) is 0 Å². The molecule has 1 fully saturated rings. The van der Waals surface area contributed by atoms with E-state index in [1.807, 2.05) is 43.6 Å². The Morgan fingerprint density at radius 3 is 2.68 bits per heavy atom. The summed E-state index contributed by atoms with van der Waals surface area (Å²) >= 11 is 0. The topological polar surface area (TPSA) is 93.3 Å². The van der Waals surface area contributed by atoms with E-state index >= 15 is 0 Å². The molecule has 3 aromatic rings. The van der Waals surface area contributed by atoms with Crippen LogP contribution in [0.15, 0.2) is 48.7 Å². The van der Waals surface area contributed by atoms with Gasteiger partial charge in [-0.05, 0) is 56.8 Å². The number of nitrogens with one attached hydrogen (secondary N) is 1. The fourth-order valence-electron chi connectivity index (χ4n) is 3.70. The van der Waals surface area contributed by atoms with Crippen LogP contribution in [0.25, 0.3) is 16.6 Å². The van der Waals surface area contributed by atoms with Crippen LogP contribution in [0.2, 0.25) is 0 Å². The second kappa shape index (κ2) is 7.44. The molecule has 2 amide bonds. The van der Waals surface area contributed by atoms with Gasteiger partial charge < -0.3 is 16.0 Å². The van der Waals surface area contributed by atoms with Crippen molar-refractivity contribution in [3.8, 4) is 5.69 Å². The maximum Gasteiger partial charge on any atom is 0.250 e. The summed E-state index contributed by atoms with van der Waals surface area (Å²) < 4.78 is 1.71. The Morgan fingerprint density at radius 1 is 1.18 bits per heavy atom. The van der Waals surface area contributed by atoms with E-state index in [2.05, 4.69) is 15.3 Å². The normalized spacial score (nSPS) is 17.5. The van der Waals surface area contributed by atoms with Crippen molar-refractivity contribution in [2.75, 3.05) is 25.5 Å². The molecule has 7 nitrogen and oxygen atoms in total. The van der Waals surface area contributed by atoms with Gasteiger partial charge in [-0.15, -0.1) is 0 Å². The average Bonchev–Trinajstić information content (AvgIpc) is 3.12. The summed E-state index contributed by atoms with van der Waals surface area (Å²) in [5.74, 6) is -0.403. The minimum absolute atomic E-state index is 0.0297. The maximum atomic E-state index is 12.5. The Kier molecular flexibility index (Phi) is 4.83. The number of carbonyl (C=O) groups excluding carboxylic acids is 2. The average molecular weight is 377 g/mol. The monoisotopic (exact) mass is 377 g/mol. The number of piperidine rings is 1. The summed E-state index contributed by atoms with van der Waals surface area (Å²) in [5, 5.41) is 8.35. The first-order valence-electron chi connectivity index (χ1n) is 9.39. The molecule has 1 aliphatic rings. The number of benzene rings is 2. The first-order chi connectivity index (χ1) is 13.5. The molecule has 28 heavy (non-hydrogen) atoms. The van der Waals surface area contributed by atoms with Gasteiger partial charge in [-0.25, -0.2) is 4.68 Å². The smallest absolute Gasteiger partial charge is 0.250 e. The van der Waals surface area contributed by atoms with E-state index < -0.39 is 5.91 Å². The number of amides is 2. The van der Waals surface area contributed by atoms with E-state index in [9.17, 15) is 9.59 Å². The molecule has 144 valence electrons. The van der Waals surface area contributed by atoms with Crippen LogP contribution in [-0.4, -0.2) is 46.6 Å². The number of fused-ring (bicyclic) bond motifs is 1. The standard InChI is InChI=1S/C21H23N5O2/c1-25-11-3-5-15(12-25)21(28)23-16-7-9-17(10-8-16)26-13-14-4-2-6-18(20(22)27)19(14)24-26/h2,4,6-10,13,15H,3,5,11-12H2,1H3,(H2,22,27)(H,23,28). The third-order valence-corrected chi connectivity index (χ3v) is 5.20. The van der Waals surface area contributed by atoms with Gasteiger partial charge in [0.1, 0.15) is 5.52 Å². The van der Waals surface area contributed by atoms with Crippen molar-refractivity contribution in [3.63, 3.8) is 0 Å². The highest BCUT2D eigenvalue weighted by atomic mass is 16.2. The Hall–Kier alpha value is -3.19. The van der Waals surface area contributed by atoms with Crippen LogP contribution in [0.1, 0.15) is 23.2 Å². The highest BCUT2D eigenvalue weighted by Gasteiger charge is 2.23. The minimum atomic E-state index is -0.498. The molecule has 2 aromatic carbocycles. The second-order valence-electron chi connectivity index (χ2n) is 7.32. The minimum Gasteiger partial charge on any atom is -0.366 e. The predicted octanol–water partition coefficient (Wildman–Crippen LogP) is 2.40. The first kappa shape index (κ1) is 18.2. The highest BCUT2D eigenvalue weighted by Crippen LogP contribution is 2.21. The molecule has 0 aliphatic carbocycles. The number of likely N-dealkylation sites (tertiary alicyclic amines) is 1. The van der Waals surface area contributed by atoms with Crippen molar-refractivity contribution in [2.24, 2.45) is 11.7 Å². The van der Waals surface area contributed by atoms with Crippen LogP contribution in [0, 0.1) is 5.92 Å². The lowest BCUT2D eigenvalue weighted by atomic mass is 9.97. The highest BCUT2D eigenvalue weighted by molar-refractivity contribution is 6.04. The Bertz CT molecular complexity index is 1020. The number of anilines is 1. The Morgan fingerprint density at radius 2 is 1.96 bits per heavy atom. The van der Waals surface area contributed by atoms with Gasteiger partial charge in [0.25, 0.3) is 5.91 Å². The van der Waals surface area contributed by atoms with Crippen LogP contribution in [0.3, 0.4) is 0 Å². The van der Waals surface area contributed by atoms with Gasteiger partial charge in [0.05, 0.1) is 17.2 Å². The van der Waals surface area contributed by atoms with E-state index in [4.69, 9.17) is 5.73 Å². The molecule has 0 saturated carbocycles. The van der Waals surface area contributed by atoms with Gasteiger partial charge in [-0.2, -0.15) is 5.10 Å². The number of hydrogen-bond donors (Lipinski definition) is 2. The fourth-order valence-corrected chi connectivity index (χ4v) is 3.70. The van der Waals surface area contributed by atoms with Crippen molar-refractivity contribution < 1.29 is 9.59 Å². The van der Waals surface area contributed by atoms with Crippen molar-refractivity contribution in [2.45, 2.75) is 12.8 Å². The van der Waals surface area contributed by atoms with Gasteiger partial charge in [-0.3, -0.25) is 9.59 Å². The summed E-state index contributed by atoms with van der Waals surface area (Å²) in [4.78, 5) is 26.3. The summed E-state index contributed by atoms with van der Waals surface area (Å²) in [7, 11) is 2.05. The number of hydrogen-bond acceptors (Lipinski definition) is 4. The summed E-state index contributed by atoms with van der Waals surface area (Å²) in [6.45, 7) is 1.85. The predicted molar refractivity (Wildman–Crippen MR) is 108 cm³/mol. The maximum absolute atomic E-state index is 12.5. The molecule has 0 spiro atoms. The van der Waals surface area contributed by atoms with Crippen LogP contribution in [0.4, 0.5) is 5.69 Å². The molecule has 4 rings (SSSR count). The lowest BCUT2D eigenvalue weighted by Crippen LogP contribution is -2.38. The molecule has 3 N–H and O–H groups in total. The molecule has 1 aromatic heterocycles. The molecule has 0 radical (unpaired) electrons. The van der Waals surface area contributed by atoms with Gasteiger partial charge >= 0.3 is 0 Å². The van der Waals surface area contributed by atoms with Gasteiger partial charge in [0.15, 0.2) is 0 Å². The zero-order valence-corrected chi connectivity index (χ0v) is 15.8. The number of aromatic nitrogens is 2. The lowest BCUT2D eigenvalue weighted by molar-refractivity contribution is -0.121. The molecule has 2 heterocycles. The third kappa shape index (κ3) is 3.61. The molecular weight excluding hydrogens is 354 g/mol. The summed E-state index contributed by atoms with van der Waals surface area (Å²) in [6.07, 6.45) is 3.83. The summed E-state index contributed by atoms with van der Waals surface area (Å²) in [5.41, 5.74) is 8.01. The Labute approximate surface area is 163 Å². The molecule has 0 bridgehead atoms.